The number of fused-ring (bicyclic) bond motifs is 2. The average Bonchev–Trinajstić information content (AvgIpc) is 3.03. The highest BCUT2D eigenvalue weighted by Crippen LogP contribution is 2.41. The van der Waals surface area contributed by atoms with E-state index in [9.17, 15) is 4.79 Å². The normalized spacial score (nSPS) is 16.0. The van der Waals surface area contributed by atoms with Crippen molar-refractivity contribution in [1.29, 1.82) is 0 Å². The summed E-state index contributed by atoms with van der Waals surface area (Å²) in [4.78, 5) is 17.4. The zero-order chi connectivity index (χ0) is 13.5. The van der Waals surface area contributed by atoms with Crippen molar-refractivity contribution < 1.29 is 4.79 Å². The minimum absolute atomic E-state index is 0.121. The summed E-state index contributed by atoms with van der Waals surface area (Å²) in [7, 11) is 0. The number of aromatic amines is 1. The van der Waals surface area contributed by atoms with Gasteiger partial charge in [-0.15, -0.1) is 0 Å². The Balaban J connectivity index is 1.81. The van der Waals surface area contributed by atoms with Crippen molar-refractivity contribution in [2.75, 3.05) is 0 Å². The molecule has 1 aromatic heterocycles. The van der Waals surface area contributed by atoms with Gasteiger partial charge < -0.3 is 4.98 Å². The Labute approximate surface area is 120 Å². The van der Waals surface area contributed by atoms with Crippen LogP contribution in [0, 0.1) is 0 Å². The Bertz CT molecular complexity index is 860. The van der Waals surface area contributed by atoms with Crippen LogP contribution in [0.15, 0.2) is 64.5 Å². The molecule has 1 aliphatic heterocycles. The van der Waals surface area contributed by atoms with Gasteiger partial charge in [0.05, 0.1) is 4.91 Å². The van der Waals surface area contributed by atoms with Gasteiger partial charge in [-0.1, -0.05) is 42.1 Å². The molecular weight excluding hydrogens is 266 g/mol. The van der Waals surface area contributed by atoms with E-state index in [1.54, 1.807) is 11.8 Å². The molecule has 2 heterocycles. The first-order valence-electron chi connectivity index (χ1n) is 6.42. The number of hydrogen-bond acceptors (Lipinski definition) is 2. The molecule has 0 fully saturated rings. The van der Waals surface area contributed by atoms with Gasteiger partial charge in [-0.05, 0) is 24.3 Å². The molecule has 4 rings (SSSR count). The number of ketones is 1. The van der Waals surface area contributed by atoms with Crippen molar-refractivity contribution in [3.63, 3.8) is 0 Å². The Morgan fingerprint density at radius 2 is 1.80 bits per heavy atom. The number of hydrogen-bond donors (Lipinski definition) is 1. The highest BCUT2D eigenvalue weighted by Gasteiger charge is 2.25. The fourth-order valence-electron chi connectivity index (χ4n) is 2.49. The lowest BCUT2D eigenvalue weighted by Crippen LogP contribution is -1.93. The lowest BCUT2D eigenvalue weighted by molar-refractivity contribution is 0.104. The van der Waals surface area contributed by atoms with Crippen molar-refractivity contribution >= 4 is 34.5 Å². The molecule has 0 atom stereocenters. The maximum atomic E-state index is 12.4. The van der Waals surface area contributed by atoms with Gasteiger partial charge in [-0.3, -0.25) is 4.79 Å². The summed E-state index contributed by atoms with van der Waals surface area (Å²) < 4.78 is 0. The van der Waals surface area contributed by atoms with Gasteiger partial charge in [0, 0.05) is 33.1 Å². The van der Waals surface area contributed by atoms with Crippen LogP contribution < -0.4 is 0 Å². The summed E-state index contributed by atoms with van der Waals surface area (Å²) in [6.45, 7) is 0. The minimum Gasteiger partial charge on any atom is -0.361 e. The number of H-pyrrole nitrogens is 1. The van der Waals surface area contributed by atoms with E-state index >= 15 is 0 Å². The first kappa shape index (κ1) is 11.6. The van der Waals surface area contributed by atoms with E-state index in [0.717, 1.165) is 31.8 Å². The zero-order valence-corrected chi connectivity index (χ0v) is 11.4. The van der Waals surface area contributed by atoms with Crippen LogP contribution in [0.2, 0.25) is 0 Å². The van der Waals surface area contributed by atoms with Crippen LogP contribution in [0.3, 0.4) is 0 Å². The van der Waals surface area contributed by atoms with Crippen LogP contribution in [0.4, 0.5) is 0 Å². The van der Waals surface area contributed by atoms with Gasteiger partial charge in [-0.2, -0.15) is 0 Å². The van der Waals surface area contributed by atoms with E-state index in [4.69, 9.17) is 0 Å². The summed E-state index contributed by atoms with van der Waals surface area (Å²) in [6, 6.07) is 15.9. The molecule has 3 heteroatoms. The molecular formula is C17H11NOS. The van der Waals surface area contributed by atoms with E-state index in [1.165, 1.54) is 0 Å². The van der Waals surface area contributed by atoms with Crippen molar-refractivity contribution in [2.24, 2.45) is 0 Å². The van der Waals surface area contributed by atoms with Gasteiger partial charge in [-0.25, -0.2) is 0 Å². The van der Waals surface area contributed by atoms with Crippen LogP contribution in [0.5, 0.6) is 0 Å². The molecule has 0 unspecified atom stereocenters. The van der Waals surface area contributed by atoms with Gasteiger partial charge in [0.1, 0.15) is 0 Å². The Morgan fingerprint density at radius 3 is 2.70 bits per heavy atom. The van der Waals surface area contributed by atoms with E-state index < -0.39 is 0 Å². The van der Waals surface area contributed by atoms with Crippen molar-refractivity contribution in [3.05, 3.63) is 70.8 Å². The number of nitrogens with one attached hydrogen (secondary N) is 1. The second kappa shape index (κ2) is 4.39. The van der Waals surface area contributed by atoms with Gasteiger partial charge in [0.25, 0.3) is 0 Å². The SMILES string of the molecule is O=C1/C(=C/c2c[nH]c3ccccc23)Sc2ccccc21. The van der Waals surface area contributed by atoms with Crippen LogP contribution in [0.1, 0.15) is 15.9 Å². The lowest BCUT2D eigenvalue weighted by atomic mass is 10.1. The number of rotatable bonds is 1. The molecule has 0 saturated heterocycles. The number of benzene rings is 2. The standard InChI is InChI=1S/C17H11NOS/c19-17-13-6-2-4-8-15(13)20-16(17)9-11-10-18-14-7-3-1-5-12(11)14/h1-10,18H/b16-9-. The van der Waals surface area contributed by atoms with Gasteiger partial charge in [0.2, 0.25) is 5.78 Å². The monoisotopic (exact) mass is 277 g/mol. The summed E-state index contributed by atoms with van der Waals surface area (Å²) in [5.74, 6) is 0.121. The molecule has 2 aromatic carbocycles. The predicted octanol–water partition coefficient (Wildman–Crippen LogP) is 4.50. The third-order valence-electron chi connectivity index (χ3n) is 3.48. The number of Topliss-reactive ketones (excluding diaryl/α,β-unsaturated/α-hetero) is 1. The summed E-state index contributed by atoms with van der Waals surface area (Å²) in [6.07, 6.45) is 3.93. The second-order valence-corrected chi connectivity index (χ2v) is 5.81. The van der Waals surface area contributed by atoms with E-state index in [2.05, 4.69) is 11.1 Å². The summed E-state index contributed by atoms with van der Waals surface area (Å²) in [5, 5.41) is 1.14. The molecule has 1 aliphatic rings. The van der Waals surface area contributed by atoms with Crippen LogP contribution in [-0.2, 0) is 0 Å². The lowest BCUT2D eigenvalue weighted by Gasteiger charge is -1.94. The molecule has 0 spiro atoms. The molecule has 1 N–H and O–H groups in total. The maximum absolute atomic E-state index is 12.4. The van der Waals surface area contributed by atoms with Crippen LogP contribution >= 0.6 is 11.8 Å². The Kier molecular flexibility index (Phi) is 2.54. The number of para-hydroxylation sites is 1. The maximum Gasteiger partial charge on any atom is 0.200 e. The number of carbonyl (C=O) groups excluding carboxylic acids is 1. The number of thioether (sulfide) groups is 1. The third kappa shape index (κ3) is 1.71. The van der Waals surface area contributed by atoms with E-state index in [0.29, 0.717) is 0 Å². The summed E-state index contributed by atoms with van der Waals surface area (Å²) >= 11 is 1.55. The highest BCUT2D eigenvalue weighted by molar-refractivity contribution is 8.04. The second-order valence-electron chi connectivity index (χ2n) is 4.73. The highest BCUT2D eigenvalue weighted by atomic mass is 32.2. The molecule has 3 aromatic rings. The van der Waals surface area contributed by atoms with Gasteiger partial charge >= 0.3 is 0 Å². The first-order valence-corrected chi connectivity index (χ1v) is 7.24. The molecule has 0 aliphatic carbocycles. The third-order valence-corrected chi connectivity index (χ3v) is 4.58. The number of allylic oxidation sites excluding steroid dienone is 1. The molecule has 0 radical (unpaired) electrons. The van der Waals surface area contributed by atoms with E-state index in [1.807, 2.05) is 54.7 Å². The van der Waals surface area contributed by atoms with Crippen molar-refractivity contribution in [1.82, 2.24) is 4.98 Å². The number of aromatic nitrogens is 1. The number of carbonyl (C=O) groups is 1. The fraction of sp³-hybridized carbons (Fsp3) is 0. The topological polar surface area (TPSA) is 32.9 Å². The molecule has 20 heavy (non-hydrogen) atoms. The summed E-state index contributed by atoms with van der Waals surface area (Å²) in [5.41, 5.74) is 2.96. The minimum atomic E-state index is 0.121. The zero-order valence-electron chi connectivity index (χ0n) is 10.6. The molecule has 0 saturated carbocycles. The first-order chi connectivity index (χ1) is 9.83. The van der Waals surface area contributed by atoms with Crippen LogP contribution in [-0.4, -0.2) is 10.8 Å². The van der Waals surface area contributed by atoms with Crippen molar-refractivity contribution in [3.8, 4) is 0 Å². The van der Waals surface area contributed by atoms with Crippen LogP contribution in [0.25, 0.3) is 17.0 Å². The Hall–Kier alpha value is -2.26. The molecule has 0 bridgehead atoms. The quantitative estimate of drug-likeness (QED) is 0.664. The van der Waals surface area contributed by atoms with Crippen molar-refractivity contribution in [2.45, 2.75) is 4.90 Å². The molecule has 96 valence electrons. The smallest absolute Gasteiger partial charge is 0.200 e. The van der Waals surface area contributed by atoms with Gasteiger partial charge in [0.15, 0.2) is 0 Å². The molecule has 0 amide bonds. The average molecular weight is 277 g/mol. The van der Waals surface area contributed by atoms with E-state index in [-0.39, 0.29) is 5.78 Å². The Morgan fingerprint density at radius 1 is 1.00 bits per heavy atom. The fourth-order valence-corrected chi connectivity index (χ4v) is 3.53. The molecule has 2 nitrogen and oxygen atoms in total. The predicted molar refractivity (Wildman–Crippen MR) is 82.9 cm³/mol. The largest absolute Gasteiger partial charge is 0.361 e.